The van der Waals surface area contributed by atoms with Crippen LogP contribution in [0.1, 0.15) is 6.42 Å². The number of piperazine rings is 2. The van der Waals surface area contributed by atoms with E-state index in [1.165, 1.54) is 19.1 Å². The number of carbonyl (C=O) groups is 3. The molecule has 0 saturated carbocycles. The smallest absolute Gasteiger partial charge is 0.243 e. The summed E-state index contributed by atoms with van der Waals surface area (Å²) < 4.78 is 10.5. The van der Waals surface area contributed by atoms with Gasteiger partial charge in [0.1, 0.15) is 23.4 Å². The molecule has 4 rings (SSSR count). The van der Waals surface area contributed by atoms with Crippen molar-refractivity contribution >= 4 is 29.2 Å². The maximum atomic E-state index is 13.2. The minimum Gasteiger partial charge on any atom is -0.497 e. The Morgan fingerprint density at radius 1 is 1.08 bits per heavy atom. The van der Waals surface area contributed by atoms with Gasteiger partial charge in [0.2, 0.25) is 17.7 Å². The highest BCUT2D eigenvalue weighted by molar-refractivity contribution is 5.98. The third kappa shape index (κ3) is 6.03. The summed E-state index contributed by atoms with van der Waals surface area (Å²) in [5.74, 6) is 1.06. The molecule has 0 spiro atoms. The van der Waals surface area contributed by atoms with Crippen LogP contribution in [0, 0.1) is 0 Å². The molecular formula is C25H32N6O5. The topological polar surface area (TPSA) is 116 Å². The van der Waals surface area contributed by atoms with Gasteiger partial charge in [0.05, 0.1) is 32.9 Å². The van der Waals surface area contributed by atoms with E-state index in [9.17, 15) is 14.4 Å². The molecule has 1 aromatic heterocycles. The number of ether oxygens (including phenoxy) is 2. The van der Waals surface area contributed by atoms with Gasteiger partial charge in [0.25, 0.3) is 0 Å². The fourth-order valence-corrected chi connectivity index (χ4v) is 4.46. The molecule has 0 radical (unpaired) electrons. The first kappa shape index (κ1) is 25.2. The number of methoxy groups -OCH3 is 2. The van der Waals surface area contributed by atoms with E-state index < -0.39 is 11.9 Å². The second-order valence-corrected chi connectivity index (χ2v) is 8.66. The molecule has 2 aliphatic heterocycles. The number of rotatable bonds is 8. The highest BCUT2D eigenvalue weighted by Crippen LogP contribution is 2.29. The molecular weight excluding hydrogens is 464 g/mol. The van der Waals surface area contributed by atoms with Crippen LogP contribution < -0.4 is 25.0 Å². The molecule has 3 amide bonds. The van der Waals surface area contributed by atoms with Crippen LogP contribution in [0.5, 0.6) is 11.5 Å². The van der Waals surface area contributed by atoms with Crippen LogP contribution in [-0.4, -0.2) is 98.6 Å². The molecule has 1 atom stereocenters. The number of hydrogen-bond acceptors (Lipinski definition) is 8. The maximum Gasteiger partial charge on any atom is 0.243 e. The summed E-state index contributed by atoms with van der Waals surface area (Å²) in [6.45, 7) is 3.87. The number of anilines is 2. The van der Waals surface area contributed by atoms with Crippen molar-refractivity contribution in [1.82, 2.24) is 20.1 Å². The van der Waals surface area contributed by atoms with E-state index in [0.717, 1.165) is 18.9 Å². The molecule has 0 aliphatic carbocycles. The first-order valence-corrected chi connectivity index (χ1v) is 12.0. The summed E-state index contributed by atoms with van der Waals surface area (Å²) in [7, 11) is 3.03. The molecule has 2 N–H and O–H groups in total. The monoisotopic (exact) mass is 496 g/mol. The lowest BCUT2D eigenvalue weighted by Crippen LogP contribution is -2.60. The Labute approximate surface area is 210 Å². The van der Waals surface area contributed by atoms with Gasteiger partial charge in [0, 0.05) is 51.5 Å². The predicted molar refractivity (Wildman–Crippen MR) is 134 cm³/mol. The molecule has 0 bridgehead atoms. The lowest BCUT2D eigenvalue weighted by Gasteiger charge is -2.38. The molecule has 0 unspecified atom stereocenters. The number of pyridine rings is 1. The fraction of sp³-hybridized carbons (Fsp3) is 0.440. The van der Waals surface area contributed by atoms with Gasteiger partial charge >= 0.3 is 0 Å². The zero-order chi connectivity index (χ0) is 25.5. The van der Waals surface area contributed by atoms with Crippen LogP contribution >= 0.6 is 0 Å². The SMILES string of the molecule is COc1ccc(OC)c(NC(=O)C[C@H]2C(=O)NCCN2C(=O)CN2CCN(c3ccccn3)CC2)c1. The van der Waals surface area contributed by atoms with Crippen LogP contribution in [0.15, 0.2) is 42.6 Å². The molecule has 3 heterocycles. The number of hydrogen-bond donors (Lipinski definition) is 2. The zero-order valence-electron chi connectivity index (χ0n) is 20.6. The summed E-state index contributed by atoms with van der Waals surface area (Å²) in [6, 6.07) is 10.00. The number of carbonyl (C=O) groups excluding carboxylic acids is 3. The first-order chi connectivity index (χ1) is 17.5. The fourth-order valence-electron chi connectivity index (χ4n) is 4.46. The Hall–Kier alpha value is -3.86. The second-order valence-electron chi connectivity index (χ2n) is 8.66. The highest BCUT2D eigenvalue weighted by atomic mass is 16.5. The molecule has 2 saturated heterocycles. The second kappa shape index (κ2) is 11.7. The zero-order valence-corrected chi connectivity index (χ0v) is 20.6. The van der Waals surface area contributed by atoms with E-state index in [1.807, 2.05) is 18.2 Å². The lowest BCUT2D eigenvalue weighted by atomic mass is 10.1. The van der Waals surface area contributed by atoms with Crippen molar-refractivity contribution < 1.29 is 23.9 Å². The number of nitrogens with one attached hydrogen (secondary N) is 2. The Morgan fingerprint density at radius 3 is 2.58 bits per heavy atom. The van der Waals surface area contributed by atoms with Crippen molar-refractivity contribution in [3.8, 4) is 11.5 Å². The standard InChI is InChI=1S/C25H32N6O5/c1-35-18-6-7-21(36-2)19(15-18)28-23(32)16-20-25(34)27-9-10-31(20)24(33)17-29-11-13-30(14-12-29)22-5-3-4-8-26-22/h3-8,15,20H,9-14,16-17H2,1-2H3,(H,27,34)(H,28,32)/t20-/m0/s1. The van der Waals surface area contributed by atoms with E-state index in [4.69, 9.17) is 9.47 Å². The van der Waals surface area contributed by atoms with E-state index in [1.54, 1.807) is 24.4 Å². The summed E-state index contributed by atoms with van der Waals surface area (Å²) in [4.78, 5) is 48.9. The van der Waals surface area contributed by atoms with Crippen molar-refractivity contribution in [2.24, 2.45) is 0 Å². The first-order valence-electron chi connectivity index (χ1n) is 12.0. The molecule has 2 aromatic rings. The van der Waals surface area contributed by atoms with E-state index in [2.05, 4.69) is 25.4 Å². The highest BCUT2D eigenvalue weighted by Gasteiger charge is 2.35. The van der Waals surface area contributed by atoms with Gasteiger partial charge < -0.3 is 29.9 Å². The molecule has 1 aromatic carbocycles. The van der Waals surface area contributed by atoms with Gasteiger partial charge in [-0.15, -0.1) is 0 Å². The van der Waals surface area contributed by atoms with Gasteiger partial charge in [-0.2, -0.15) is 0 Å². The Kier molecular flexibility index (Phi) is 8.21. The van der Waals surface area contributed by atoms with Gasteiger partial charge in [-0.25, -0.2) is 4.98 Å². The van der Waals surface area contributed by atoms with Crippen molar-refractivity contribution in [2.75, 3.05) is 70.2 Å². The van der Waals surface area contributed by atoms with E-state index in [-0.39, 0.29) is 24.8 Å². The van der Waals surface area contributed by atoms with Crippen molar-refractivity contribution in [1.29, 1.82) is 0 Å². The average Bonchev–Trinajstić information content (AvgIpc) is 2.90. The Balaban J connectivity index is 1.35. The summed E-state index contributed by atoms with van der Waals surface area (Å²) >= 11 is 0. The quantitative estimate of drug-likeness (QED) is 0.545. The van der Waals surface area contributed by atoms with Crippen LogP contribution in [0.2, 0.25) is 0 Å². The van der Waals surface area contributed by atoms with Crippen LogP contribution in [0.3, 0.4) is 0 Å². The Bertz CT molecular complexity index is 1070. The number of nitrogens with zero attached hydrogens (tertiary/aromatic N) is 4. The van der Waals surface area contributed by atoms with Gasteiger partial charge in [-0.3, -0.25) is 19.3 Å². The van der Waals surface area contributed by atoms with Crippen molar-refractivity contribution in [3.05, 3.63) is 42.6 Å². The summed E-state index contributed by atoms with van der Waals surface area (Å²) in [5, 5.41) is 5.55. The van der Waals surface area contributed by atoms with Gasteiger partial charge in [-0.05, 0) is 24.3 Å². The largest absolute Gasteiger partial charge is 0.497 e. The maximum absolute atomic E-state index is 13.2. The molecule has 11 nitrogen and oxygen atoms in total. The average molecular weight is 497 g/mol. The van der Waals surface area contributed by atoms with Gasteiger partial charge in [0.15, 0.2) is 0 Å². The molecule has 2 aliphatic rings. The Morgan fingerprint density at radius 2 is 1.89 bits per heavy atom. The van der Waals surface area contributed by atoms with Crippen molar-refractivity contribution in [3.63, 3.8) is 0 Å². The molecule has 2 fully saturated rings. The number of aromatic nitrogens is 1. The predicted octanol–water partition coefficient (Wildman–Crippen LogP) is 0.577. The van der Waals surface area contributed by atoms with Crippen molar-refractivity contribution in [2.45, 2.75) is 12.5 Å². The normalized spacial score (nSPS) is 18.4. The van der Waals surface area contributed by atoms with Crippen LogP contribution in [0.4, 0.5) is 11.5 Å². The number of benzene rings is 1. The van der Waals surface area contributed by atoms with Crippen LogP contribution in [0.25, 0.3) is 0 Å². The minimum atomic E-state index is -0.877. The van der Waals surface area contributed by atoms with E-state index >= 15 is 0 Å². The molecule has 36 heavy (non-hydrogen) atoms. The molecule has 11 heteroatoms. The molecule has 192 valence electrons. The third-order valence-corrected chi connectivity index (χ3v) is 6.42. The summed E-state index contributed by atoms with van der Waals surface area (Å²) in [6.07, 6.45) is 1.61. The van der Waals surface area contributed by atoms with Gasteiger partial charge in [-0.1, -0.05) is 6.07 Å². The van der Waals surface area contributed by atoms with Crippen LogP contribution in [-0.2, 0) is 14.4 Å². The third-order valence-electron chi connectivity index (χ3n) is 6.42. The summed E-state index contributed by atoms with van der Waals surface area (Å²) in [5.41, 5.74) is 0.432. The van der Waals surface area contributed by atoms with E-state index in [0.29, 0.717) is 43.4 Å². The lowest BCUT2D eigenvalue weighted by molar-refractivity contribution is -0.145. The minimum absolute atomic E-state index is 0.159. The number of amides is 3.